The maximum atomic E-state index is 11.6. The Hall–Kier alpha value is -0.970. The molecule has 0 heterocycles. The lowest BCUT2D eigenvalue weighted by Crippen LogP contribution is -2.37. The highest BCUT2D eigenvalue weighted by Gasteiger charge is 2.14. The lowest BCUT2D eigenvalue weighted by Gasteiger charge is -2.18. The number of carboxylic acids is 1. The van der Waals surface area contributed by atoms with Crippen LogP contribution in [-0.4, -0.2) is 46.5 Å². The summed E-state index contributed by atoms with van der Waals surface area (Å²) in [5, 5.41) is 8.63. The number of amides is 1. The standard InChI is InChI=1S/C11H19NO3S/c1-3-5-7-16-9-10(13)12(6-4-2)8-11(14)15/h4H,2-3,5-9H2,1H3,(H,14,15). The van der Waals surface area contributed by atoms with Gasteiger partial charge in [-0.05, 0) is 12.2 Å². The van der Waals surface area contributed by atoms with Crippen LogP contribution in [0.2, 0.25) is 0 Å². The third-order valence-electron chi connectivity index (χ3n) is 1.90. The van der Waals surface area contributed by atoms with Gasteiger partial charge in [-0.15, -0.1) is 6.58 Å². The van der Waals surface area contributed by atoms with Crippen LogP contribution in [0.1, 0.15) is 19.8 Å². The van der Waals surface area contributed by atoms with Crippen molar-refractivity contribution in [2.45, 2.75) is 19.8 Å². The zero-order chi connectivity index (χ0) is 12.4. The number of hydrogen-bond donors (Lipinski definition) is 1. The number of unbranched alkanes of at least 4 members (excludes halogenated alkanes) is 1. The van der Waals surface area contributed by atoms with Gasteiger partial charge in [-0.1, -0.05) is 19.4 Å². The van der Waals surface area contributed by atoms with Crippen molar-refractivity contribution in [2.24, 2.45) is 0 Å². The number of nitrogens with zero attached hydrogens (tertiary/aromatic N) is 1. The van der Waals surface area contributed by atoms with Crippen molar-refractivity contribution in [3.8, 4) is 0 Å². The summed E-state index contributed by atoms with van der Waals surface area (Å²) in [4.78, 5) is 23.5. The van der Waals surface area contributed by atoms with Crippen LogP contribution in [-0.2, 0) is 9.59 Å². The van der Waals surface area contributed by atoms with E-state index in [2.05, 4.69) is 13.5 Å². The quantitative estimate of drug-likeness (QED) is 0.495. The van der Waals surface area contributed by atoms with Crippen LogP contribution in [0.3, 0.4) is 0 Å². The normalized spacial score (nSPS) is 9.81. The minimum absolute atomic E-state index is 0.136. The first-order valence-corrected chi connectivity index (χ1v) is 6.45. The van der Waals surface area contributed by atoms with Crippen LogP contribution in [0.25, 0.3) is 0 Å². The molecule has 0 unspecified atom stereocenters. The molecule has 0 fully saturated rings. The number of carbonyl (C=O) groups excluding carboxylic acids is 1. The van der Waals surface area contributed by atoms with Crippen molar-refractivity contribution in [2.75, 3.05) is 24.6 Å². The third kappa shape index (κ3) is 7.34. The van der Waals surface area contributed by atoms with Crippen molar-refractivity contribution in [1.29, 1.82) is 0 Å². The molecule has 0 radical (unpaired) electrons. The fourth-order valence-corrected chi connectivity index (χ4v) is 2.07. The molecule has 0 aliphatic rings. The molecule has 92 valence electrons. The number of rotatable bonds is 9. The monoisotopic (exact) mass is 245 g/mol. The summed E-state index contributed by atoms with van der Waals surface area (Å²) in [6.45, 7) is 5.64. The second-order valence-corrected chi connectivity index (χ2v) is 4.47. The Balaban J connectivity index is 3.96. The Kier molecular flexibility index (Phi) is 8.71. The molecule has 4 nitrogen and oxygen atoms in total. The zero-order valence-corrected chi connectivity index (χ0v) is 10.5. The van der Waals surface area contributed by atoms with Gasteiger partial charge in [0.2, 0.25) is 5.91 Å². The Morgan fingerprint density at radius 3 is 2.69 bits per heavy atom. The van der Waals surface area contributed by atoms with E-state index in [4.69, 9.17) is 5.11 Å². The van der Waals surface area contributed by atoms with Crippen LogP contribution < -0.4 is 0 Å². The van der Waals surface area contributed by atoms with Gasteiger partial charge in [0.15, 0.2) is 0 Å². The molecule has 0 saturated heterocycles. The molecule has 0 aliphatic heterocycles. The first-order chi connectivity index (χ1) is 7.61. The molecule has 0 atom stereocenters. The molecule has 0 aromatic heterocycles. The second kappa shape index (κ2) is 9.27. The molecule has 1 amide bonds. The van der Waals surface area contributed by atoms with Crippen molar-refractivity contribution in [1.82, 2.24) is 4.90 Å². The number of thioether (sulfide) groups is 1. The summed E-state index contributed by atoms with van der Waals surface area (Å²) in [6.07, 6.45) is 3.72. The molecule has 0 saturated carbocycles. The molecular formula is C11H19NO3S. The third-order valence-corrected chi connectivity index (χ3v) is 2.92. The van der Waals surface area contributed by atoms with Gasteiger partial charge < -0.3 is 10.0 Å². The molecule has 0 rings (SSSR count). The minimum atomic E-state index is -0.992. The fraction of sp³-hybridized carbons (Fsp3) is 0.636. The first kappa shape index (κ1) is 15.0. The SMILES string of the molecule is C=CCN(CC(=O)O)C(=O)CSCCCC. The molecule has 0 aromatic rings. The van der Waals surface area contributed by atoms with Gasteiger partial charge in [0.05, 0.1) is 5.75 Å². The predicted molar refractivity (Wildman–Crippen MR) is 66.6 cm³/mol. The lowest BCUT2D eigenvalue weighted by molar-refractivity contribution is -0.143. The van der Waals surface area contributed by atoms with Gasteiger partial charge in [0.1, 0.15) is 6.54 Å². The first-order valence-electron chi connectivity index (χ1n) is 5.30. The van der Waals surface area contributed by atoms with Crippen molar-refractivity contribution >= 4 is 23.6 Å². The largest absolute Gasteiger partial charge is 0.480 e. The van der Waals surface area contributed by atoms with Gasteiger partial charge in [-0.2, -0.15) is 11.8 Å². The predicted octanol–water partition coefficient (Wildman–Crippen LogP) is 1.62. The summed E-state index contributed by atoms with van der Waals surface area (Å²) in [5.74, 6) is 0.162. The number of carboxylic acid groups (broad SMARTS) is 1. The summed E-state index contributed by atoms with van der Waals surface area (Å²) < 4.78 is 0. The van der Waals surface area contributed by atoms with E-state index in [1.165, 1.54) is 11.0 Å². The molecule has 0 aliphatic carbocycles. The van der Waals surface area contributed by atoms with Gasteiger partial charge in [-0.25, -0.2) is 0 Å². The van der Waals surface area contributed by atoms with Crippen LogP contribution in [0.4, 0.5) is 0 Å². The topological polar surface area (TPSA) is 57.6 Å². The Bertz CT molecular complexity index is 243. The molecule has 1 N–H and O–H groups in total. The van der Waals surface area contributed by atoms with Gasteiger partial charge in [0.25, 0.3) is 0 Å². The molecule has 0 spiro atoms. The Morgan fingerprint density at radius 2 is 2.19 bits per heavy atom. The maximum absolute atomic E-state index is 11.6. The number of carbonyl (C=O) groups is 2. The highest BCUT2D eigenvalue weighted by molar-refractivity contribution is 7.99. The number of hydrogen-bond acceptors (Lipinski definition) is 3. The molecule has 0 aromatic carbocycles. The van der Waals surface area contributed by atoms with E-state index in [0.717, 1.165) is 18.6 Å². The molecule has 16 heavy (non-hydrogen) atoms. The van der Waals surface area contributed by atoms with Gasteiger partial charge >= 0.3 is 5.97 Å². The molecular weight excluding hydrogens is 226 g/mol. The smallest absolute Gasteiger partial charge is 0.323 e. The van der Waals surface area contributed by atoms with E-state index in [9.17, 15) is 9.59 Å². The van der Waals surface area contributed by atoms with Crippen molar-refractivity contribution < 1.29 is 14.7 Å². The van der Waals surface area contributed by atoms with Crippen LogP contribution in [0.5, 0.6) is 0 Å². The highest BCUT2D eigenvalue weighted by Crippen LogP contribution is 2.06. The average molecular weight is 245 g/mol. The lowest BCUT2D eigenvalue weighted by atomic mass is 10.4. The summed E-state index contributed by atoms with van der Waals surface area (Å²) in [5.41, 5.74) is 0. The van der Waals surface area contributed by atoms with Crippen LogP contribution in [0, 0.1) is 0 Å². The molecule has 0 bridgehead atoms. The van der Waals surface area contributed by atoms with Crippen molar-refractivity contribution in [3.63, 3.8) is 0 Å². The summed E-state index contributed by atoms with van der Waals surface area (Å²) >= 11 is 1.55. The van der Waals surface area contributed by atoms with Gasteiger partial charge in [0, 0.05) is 6.54 Å². The second-order valence-electron chi connectivity index (χ2n) is 3.36. The Morgan fingerprint density at radius 1 is 1.50 bits per heavy atom. The van der Waals surface area contributed by atoms with E-state index in [1.807, 2.05) is 0 Å². The van der Waals surface area contributed by atoms with Crippen molar-refractivity contribution in [3.05, 3.63) is 12.7 Å². The summed E-state index contributed by atoms with van der Waals surface area (Å²) in [7, 11) is 0. The Labute approximate surface area is 101 Å². The van der Waals surface area contributed by atoms with Crippen LogP contribution in [0.15, 0.2) is 12.7 Å². The fourth-order valence-electron chi connectivity index (χ4n) is 1.07. The zero-order valence-electron chi connectivity index (χ0n) is 9.65. The minimum Gasteiger partial charge on any atom is -0.480 e. The van der Waals surface area contributed by atoms with E-state index in [0.29, 0.717) is 12.3 Å². The average Bonchev–Trinajstić information content (AvgIpc) is 2.23. The number of aliphatic carboxylic acids is 1. The van der Waals surface area contributed by atoms with E-state index in [-0.39, 0.29) is 12.5 Å². The summed E-state index contributed by atoms with van der Waals surface area (Å²) in [6, 6.07) is 0. The highest BCUT2D eigenvalue weighted by atomic mass is 32.2. The van der Waals surface area contributed by atoms with E-state index < -0.39 is 5.97 Å². The van der Waals surface area contributed by atoms with Gasteiger partial charge in [-0.3, -0.25) is 9.59 Å². The van der Waals surface area contributed by atoms with E-state index in [1.54, 1.807) is 11.8 Å². The maximum Gasteiger partial charge on any atom is 0.323 e. The van der Waals surface area contributed by atoms with Crippen LogP contribution >= 0.6 is 11.8 Å². The molecule has 5 heteroatoms. The van der Waals surface area contributed by atoms with E-state index >= 15 is 0 Å².